The fraction of sp³-hybridized carbons (Fsp3) is 0.0588. The monoisotopic (exact) mass is 872 g/mol. The number of nitrogens with zero attached hydrogens (tertiary/aromatic N) is 4. The molecule has 58 heavy (non-hydrogen) atoms. The first-order valence-electron chi connectivity index (χ1n) is 15.6. The third-order valence-corrected chi connectivity index (χ3v) is 9.71. The molecule has 0 spiro atoms. The van der Waals surface area contributed by atoms with E-state index in [4.69, 9.17) is 36.7 Å². The smallest absolute Gasteiger partial charge is 0.425 e. The zero-order chi connectivity index (χ0) is 43.3. The largest absolute Gasteiger partial charge is 0.505 e. The molecule has 0 saturated heterocycles. The van der Waals surface area contributed by atoms with Crippen LogP contribution in [0.4, 0.5) is 34.1 Å². The van der Waals surface area contributed by atoms with Gasteiger partial charge in [-0.15, -0.1) is 35.5 Å². The number of hydrogen-bond acceptors (Lipinski definition) is 18. The number of benzene rings is 6. The predicted molar refractivity (Wildman–Crippen MR) is 209 cm³/mol. The highest BCUT2D eigenvalue weighted by atomic mass is 32.2. The Morgan fingerprint density at radius 2 is 1.02 bits per heavy atom. The summed E-state index contributed by atoms with van der Waals surface area (Å²) in [5, 5.41) is 39.3. The van der Waals surface area contributed by atoms with Crippen molar-refractivity contribution in [1.82, 2.24) is 0 Å². The van der Waals surface area contributed by atoms with Gasteiger partial charge in [-0.05, 0) is 101 Å². The summed E-state index contributed by atoms with van der Waals surface area (Å²) in [5.74, 6) is -0.838. The van der Waals surface area contributed by atoms with Gasteiger partial charge in [-0.2, -0.15) is 27.1 Å². The number of fused-ring (bicyclic) bond motifs is 2. The lowest BCUT2D eigenvalue weighted by atomic mass is 10.0. The maximum atomic E-state index is 12.3. The van der Waals surface area contributed by atoms with Gasteiger partial charge in [0.1, 0.15) is 16.3 Å². The van der Waals surface area contributed by atoms with Crippen molar-refractivity contribution in [2.24, 2.45) is 20.5 Å². The lowest BCUT2D eigenvalue weighted by molar-refractivity contribution is 0.472. The van der Waals surface area contributed by atoms with Crippen LogP contribution in [0.15, 0.2) is 115 Å². The predicted octanol–water partition coefficient (Wildman–Crippen LogP) is 6.17. The molecule has 0 aliphatic rings. The van der Waals surface area contributed by atoms with E-state index in [1.54, 1.807) is 49.4 Å². The minimum absolute atomic E-state index is 0.0604. The van der Waals surface area contributed by atoms with Crippen molar-refractivity contribution in [3.05, 3.63) is 96.1 Å². The van der Waals surface area contributed by atoms with Crippen molar-refractivity contribution in [3.8, 4) is 22.6 Å². The Morgan fingerprint density at radius 1 is 0.534 bits per heavy atom. The Hall–Kier alpha value is -6.70. The molecule has 0 bridgehead atoms. The summed E-state index contributed by atoms with van der Waals surface area (Å²) in [6.07, 6.45) is 0. The quantitative estimate of drug-likeness (QED) is 0.0593. The number of aromatic hydroxyl groups is 2. The number of hydrogen-bond donors (Lipinski definition) is 6. The molecular weight excluding hydrogens is 845 g/mol. The van der Waals surface area contributed by atoms with Crippen molar-refractivity contribution in [2.45, 2.75) is 23.6 Å². The summed E-state index contributed by atoms with van der Waals surface area (Å²) in [4.78, 5) is -1.50. The second-order valence-electron chi connectivity index (χ2n) is 11.8. The van der Waals surface area contributed by atoms with Crippen molar-refractivity contribution in [3.63, 3.8) is 0 Å². The van der Waals surface area contributed by atoms with Gasteiger partial charge in [-0.25, -0.2) is 0 Å². The van der Waals surface area contributed by atoms with Crippen LogP contribution in [0, 0.1) is 13.8 Å². The first-order valence-corrected chi connectivity index (χ1v) is 20.5. The Labute approximate surface area is 331 Å². The fourth-order valence-electron chi connectivity index (χ4n) is 5.50. The van der Waals surface area contributed by atoms with E-state index in [1.807, 2.05) is 31.2 Å². The topological polar surface area (TPSA) is 353 Å². The summed E-state index contributed by atoms with van der Waals surface area (Å²) in [6, 6.07) is 22.2. The normalized spacial score (nSPS) is 11.6. The van der Waals surface area contributed by atoms with Gasteiger partial charge in [0.2, 0.25) is 0 Å². The second-order valence-corrected chi connectivity index (χ2v) is 15.5. The highest BCUT2D eigenvalue weighted by Crippen LogP contribution is 2.45. The maximum Gasteiger partial charge on any atom is 0.425 e. The molecule has 0 aliphatic carbocycles. The van der Waals surface area contributed by atoms with Crippen LogP contribution in [0.3, 0.4) is 0 Å². The van der Waals surface area contributed by atoms with Gasteiger partial charge in [-0.1, -0.05) is 30.3 Å². The number of phenols is 2. The van der Waals surface area contributed by atoms with Gasteiger partial charge in [0.25, 0.3) is 20.2 Å². The summed E-state index contributed by atoms with van der Waals surface area (Å²) in [5.41, 5.74) is 15.7. The van der Waals surface area contributed by atoms with Gasteiger partial charge in [0.05, 0.1) is 16.3 Å². The van der Waals surface area contributed by atoms with E-state index >= 15 is 0 Å². The van der Waals surface area contributed by atoms with Crippen molar-refractivity contribution < 1.29 is 61.4 Å². The standard InChI is InChI=1S/C34H28N6O8S2.2O3S/c1-17-12-20(7-9-26(17)37-39-28-11-6-19-4-3-5-24(35)30(19)33(28)41)21-8-10-27(18(2)13-21)38-40-32-29(50(46,47)48)15-22-14-23(49(43,44)45)16-25(36)31(22)34(32)42;2*1-4(2)3/h3-16,41-42H,35-36H2,1-2H3,(H,43,44,45)(H,46,47,48);;. The third kappa shape index (κ3) is 10.6. The number of azo groups is 2. The van der Waals surface area contributed by atoms with Crippen molar-refractivity contribution in [1.29, 1.82) is 0 Å². The van der Waals surface area contributed by atoms with Crippen LogP contribution in [-0.4, -0.2) is 61.4 Å². The lowest BCUT2D eigenvalue weighted by Crippen LogP contribution is -2.02. The van der Waals surface area contributed by atoms with Crippen LogP contribution >= 0.6 is 0 Å². The van der Waals surface area contributed by atoms with Gasteiger partial charge < -0.3 is 21.7 Å². The molecule has 20 nitrogen and oxygen atoms in total. The van der Waals surface area contributed by atoms with E-state index in [2.05, 4.69) is 20.5 Å². The van der Waals surface area contributed by atoms with E-state index in [-0.39, 0.29) is 27.9 Å². The number of nitrogen functional groups attached to an aromatic ring is 2. The molecular formula is C34H28N6O14S4. The van der Waals surface area contributed by atoms with Gasteiger partial charge in [-0.3, -0.25) is 9.11 Å². The average molecular weight is 873 g/mol. The minimum Gasteiger partial charge on any atom is -0.505 e. The van der Waals surface area contributed by atoms with Gasteiger partial charge >= 0.3 is 21.2 Å². The molecule has 0 radical (unpaired) electrons. The first kappa shape index (κ1) is 44.0. The number of rotatable bonds is 7. The molecule has 6 aromatic carbocycles. The molecule has 0 fully saturated rings. The minimum atomic E-state index is -5.00. The van der Waals surface area contributed by atoms with Gasteiger partial charge in [0, 0.05) is 22.1 Å². The molecule has 6 rings (SSSR count). The molecule has 0 amide bonds. The summed E-state index contributed by atoms with van der Waals surface area (Å²) in [7, 11) is -16.0. The average Bonchev–Trinajstić information content (AvgIpc) is 3.10. The number of aryl methyl sites for hydroxylation is 2. The highest BCUT2D eigenvalue weighted by molar-refractivity contribution is 7.86. The van der Waals surface area contributed by atoms with Crippen LogP contribution < -0.4 is 11.5 Å². The number of phenolic OH excluding ortho intramolecular Hbond substituents is 2. The van der Waals surface area contributed by atoms with Crippen molar-refractivity contribution in [2.75, 3.05) is 11.5 Å². The highest BCUT2D eigenvalue weighted by Gasteiger charge is 2.25. The molecule has 0 unspecified atom stereocenters. The van der Waals surface area contributed by atoms with Gasteiger partial charge in [0.15, 0.2) is 11.5 Å². The zero-order valence-corrected chi connectivity index (χ0v) is 32.8. The lowest BCUT2D eigenvalue weighted by Gasteiger charge is -2.12. The van der Waals surface area contributed by atoms with E-state index in [0.29, 0.717) is 28.0 Å². The molecule has 0 atom stereocenters. The fourth-order valence-corrected chi connectivity index (χ4v) is 6.71. The molecule has 0 aromatic heterocycles. The molecule has 6 aromatic rings. The van der Waals surface area contributed by atoms with Crippen LogP contribution in [0.1, 0.15) is 11.1 Å². The first-order chi connectivity index (χ1) is 27.0. The molecule has 0 heterocycles. The summed E-state index contributed by atoms with van der Waals surface area (Å²) in [6.45, 7) is 3.61. The number of anilines is 2. The summed E-state index contributed by atoms with van der Waals surface area (Å²) >= 11 is 0. The molecule has 24 heteroatoms. The zero-order valence-electron chi connectivity index (χ0n) is 29.5. The Kier molecular flexibility index (Phi) is 13.4. The molecule has 0 saturated carbocycles. The second kappa shape index (κ2) is 17.6. The van der Waals surface area contributed by atoms with E-state index in [9.17, 15) is 36.2 Å². The van der Waals surface area contributed by atoms with Crippen LogP contribution in [0.25, 0.3) is 32.7 Å². The van der Waals surface area contributed by atoms with Crippen molar-refractivity contribution >= 4 is 97.1 Å². The van der Waals surface area contributed by atoms with E-state index < -0.39 is 62.7 Å². The molecule has 8 N–H and O–H groups in total. The van der Waals surface area contributed by atoms with Crippen LogP contribution in [0.5, 0.6) is 11.5 Å². The Bertz CT molecular complexity index is 3120. The molecule has 0 aliphatic heterocycles. The summed E-state index contributed by atoms with van der Waals surface area (Å²) < 4.78 is 118. The third-order valence-electron chi connectivity index (χ3n) is 8.01. The Morgan fingerprint density at radius 3 is 1.52 bits per heavy atom. The van der Waals surface area contributed by atoms with E-state index in [0.717, 1.165) is 40.3 Å². The van der Waals surface area contributed by atoms with Crippen LogP contribution in [-0.2, 0) is 41.5 Å². The molecule has 302 valence electrons. The van der Waals surface area contributed by atoms with Crippen LogP contribution in [0.2, 0.25) is 0 Å². The van der Waals surface area contributed by atoms with E-state index in [1.165, 1.54) is 0 Å². The Balaban J connectivity index is 0.000000852. The SMILES string of the molecule is Cc1cc(-c2ccc(N=Nc3c(S(=O)(=O)O)cc4cc(S(=O)(=O)O)cc(N)c4c3O)c(C)c2)ccc1N=Nc1ccc2cccc(N)c2c1O.O=S(=O)=O.O=S(=O)=O. The maximum absolute atomic E-state index is 12.3. The number of nitrogens with two attached hydrogens (primary N) is 2.